The van der Waals surface area contributed by atoms with Gasteiger partial charge in [-0.15, -0.1) is 0 Å². The number of benzene rings is 1. The van der Waals surface area contributed by atoms with Crippen LogP contribution in [0, 0.1) is 6.92 Å². The minimum absolute atomic E-state index is 0.0927. The number of cyclic esters (lactones) is 1. The van der Waals surface area contributed by atoms with Crippen LogP contribution in [-0.2, 0) is 4.74 Å². The van der Waals surface area contributed by atoms with Crippen LogP contribution in [0.25, 0.3) is 0 Å². The van der Waals surface area contributed by atoms with Gasteiger partial charge >= 0.3 is 6.09 Å². The molecule has 0 radical (unpaired) electrons. The zero-order valence-electron chi connectivity index (χ0n) is 10.6. The Bertz CT molecular complexity index is 446. The van der Waals surface area contributed by atoms with E-state index in [2.05, 4.69) is 5.32 Å². The molecule has 0 aromatic heterocycles. The fourth-order valence-electron chi connectivity index (χ4n) is 1.85. The van der Waals surface area contributed by atoms with Crippen molar-refractivity contribution in [3.05, 3.63) is 29.3 Å². The van der Waals surface area contributed by atoms with Gasteiger partial charge in [-0.3, -0.25) is 0 Å². The van der Waals surface area contributed by atoms with Crippen molar-refractivity contribution in [2.75, 3.05) is 13.2 Å². The van der Waals surface area contributed by atoms with Crippen LogP contribution in [0.3, 0.4) is 0 Å². The molecule has 0 saturated carbocycles. The van der Waals surface area contributed by atoms with E-state index >= 15 is 0 Å². The number of carbonyl (C=O) groups is 1. The highest BCUT2D eigenvalue weighted by molar-refractivity contribution is 5.69. The van der Waals surface area contributed by atoms with Gasteiger partial charge in [-0.2, -0.15) is 0 Å². The molecule has 2 atom stereocenters. The van der Waals surface area contributed by atoms with E-state index in [1.54, 1.807) is 0 Å². The maximum Gasteiger partial charge on any atom is 0.407 e. The Morgan fingerprint density at radius 2 is 2.39 bits per heavy atom. The van der Waals surface area contributed by atoms with Crippen molar-refractivity contribution in [1.29, 1.82) is 0 Å². The van der Waals surface area contributed by atoms with E-state index in [1.807, 2.05) is 32.0 Å². The van der Waals surface area contributed by atoms with E-state index in [-0.39, 0.29) is 18.2 Å². The molecule has 1 heterocycles. The van der Waals surface area contributed by atoms with E-state index in [9.17, 15) is 4.79 Å². The summed E-state index contributed by atoms with van der Waals surface area (Å²) >= 11 is 0. The first-order valence-corrected chi connectivity index (χ1v) is 5.99. The maximum absolute atomic E-state index is 10.9. The molecule has 1 amide bonds. The van der Waals surface area contributed by atoms with Crippen LogP contribution < -0.4 is 15.8 Å². The third-order valence-corrected chi connectivity index (χ3v) is 2.83. The van der Waals surface area contributed by atoms with Gasteiger partial charge in [-0.05, 0) is 25.5 Å². The first-order chi connectivity index (χ1) is 8.56. The molecule has 1 aliphatic rings. The second-order valence-electron chi connectivity index (χ2n) is 4.55. The first kappa shape index (κ1) is 12.7. The van der Waals surface area contributed by atoms with Crippen LogP contribution in [0.15, 0.2) is 18.2 Å². The highest BCUT2D eigenvalue weighted by Crippen LogP contribution is 2.25. The lowest BCUT2D eigenvalue weighted by Crippen LogP contribution is -2.22. The predicted molar refractivity (Wildman–Crippen MR) is 67.5 cm³/mol. The number of nitrogens with two attached hydrogens (primary N) is 1. The number of rotatable bonds is 4. The molecule has 5 nitrogen and oxygen atoms in total. The average molecular weight is 250 g/mol. The quantitative estimate of drug-likeness (QED) is 0.849. The minimum atomic E-state index is -0.389. The van der Waals surface area contributed by atoms with Crippen LogP contribution in [-0.4, -0.2) is 25.3 Å². The summed E-state index contributed by atoms with van der Waals surface area (Å²) in [5.74, 6) is 0.757. The lowest BCUT2D eigenvalue weighted by atomic mass is 10.1. The Morgan fingerprint density at radius 3 is 3.00 bits per heavy atom. The van der Waals surface area contributed by atoms with E-state index < -0.39 is 0 Å². The second-order valence-corrected chi connectivity index (χ2v) is 4.55. The Hall–Kier alpha value is -1.75. The summed E-state index contributed by atoms with van der Waals surface area (Å²) in [6.45, 7) is 4.73. The molecule has 1 aromatic rings. The normalized spacial score (nSPS) is 20.2. The minimum Gasteiger partial charge on any atom is -0.489 e. The number of aryl methyl sites for hydroxylation is 1. The second kappa shape index (κ2) is 5.27. The standard InChI is InChI=1S/C13H18N2O3/c1-8-3-4-11(9(2)14)12(5-8)17-7-10-6-15-13(16)18-10/h3-5,9-10H,6-7,14H2,1-2H3,(H,15,16). The van der Waals surface area contributed by atoms with Crippen LogP contribution >= 0.6 is 0 Å². The van der Waals surface area contributed by atoms with E-state index in [1.165, 1.54) is 0 Å². The molecular formula is C13H18N2O3. The lowest BCUT2D eigenvalue weighted by molar-refractivity contribution is 0.104. The first-order valence-electron chi connectivity index (χ1n) is 5.99. The molecular weight excluding hydrogens is 232 g/mol. The molecule has 1 aliphatic heterocycles. The van der Waals surface area contributed by atoms with Gasteiger partial charge in [0.25, 0.3) is 0 Å². The highest BCUT2D eigenvalue weighted by atomic mass is 16.6. The zero-order valence-corrected chi connectivity index (χ0v) is 10.6. The van der Waals surface area contributed by atoms with Crippen LogP contribution in [0.4, 0.5) is 4.79 Å². The zero-order chi connectivity index (χ0) is 13.1. The smallest absolute Gasteiger partial charge is 0.407 e. The molecule has 1 saturated heterocycles. The van der Waals surface area contributed by atoms with Crippen molar-refractivity contribution in [3.63, 3.8) is 0 Å². The Balaban J connectivity index is 2.03. The Morgan fingerprint density at radius 1 is 1.61 bits per heavy atom. The van der Waals surface area contributed by atoms with Crippen molar-refractivity contribution in [1.82, 2.24) is 5.32 Å². The van der Waals surface area contributed by atoms with Gasteiger partial charge in [0, 0.05) is 11.6 Å². The molecule has 0 aliphatic carbocycles. The number of amides is 1. The lowest BCUT2D eigenvalue weighted by Gasteiger charge is -2.16. The molecule has 18 heavy (non-hydrogen) atoms. The fourth-order valence-corrected chi connectivity index (χ4v) is 1.85. The summed E-state index contributed by atoms with van der Waals surface area (Å²) in [5, 5.41) is 2.59. The maximum atomic E-state index is 10.9. The average Bonchev–Trinajstić information content (AvgIpc) is 2.72. The molecule has 5 heteroatoms. The van der Waals surface area contributed by atoms with Gasteiger partial charge in [0.15, 0.2) is 6.10 Å². The largest absolute Gasteiger partial charge is 0.489 e. The fraction of sp³-hybridized carbons (Fsp3) is 0.462. The number of nitrogens with one attached hydrogen (secondary N) is 1. The van der Waals surface area contributed by atoms with Crippen molar-refractivity contribution >= 4 is 6.09 Å². The van der Waals surface area contributed by atoms with Gasteiger partial charge in [0.2, 0.25) is 0 Å². The van der Waals surface area contributed by atoms with Crippen molar-refractivity contribution in [3.8, 4) is 5.75 Å². The topological polar surface area (TPSA) is 73.6 Å². The molecule has 1 aromatic carbocycles. The van der Waals surface area contributed by atoms with Gasteiger partial charge < -0.3 is 20.5 Å². The number of alkyl carbamates (subject to hydrolysis) is 1. The Labute approximate surface area is 106 Å². The van der Waals surface area contributed by atoms with Crippen LogP contribution in [0.2, 0.25) is 0 Å². The van der Waals surface area contributed by atoms with Gasteiger partial charge in [-0.25, -0.2) is 4.79 Å². The molecule has 2 rings (SSSR count). The SMILES string of the molecule is Cc1ccc(C(C)N)c(OCC2CNC(=O)O2)c1. The number of ether oxygens (including phenoxy) is 2. The Kier molecular flexibility index (Phi) is 3.72. The third-order valence-electron chi connectivity index (χ3n) is 2.83. The third kappa shape index (κ3) is 2.92. The number of hydrogen-bond donors (Lipinski definition) is 2. The van der Waals surface area contributed by atoms with Crippen LogP contribution in [0.5, 0.6) is 5.75 Å². The summed E-state index contributed by atoms with van der Waals surface area (Å²) in [6.07, 6.45) is -0.626. The van der Waals surface area contributed by atoms with Gasteiger partial charge in [-0.1, -0.05) is 12.1 Å². The molecule has 0 spiro atoms. The van der Waals surface area contributed by atoms with E-state index in [4.69, 9.17) is 15.2 Å². The summed E-state index contributed by atoms with van der Waals surface area (Å²) in [6, 6.07) is 5.82. The summed E-state index contributed by atoms with van der Waals surface area (Å²) in [4.78, 5) is 10.9. The molecule has 1 fully saturated rings. The molecule has 0 bridgehead atoms. The molecule has 2 unspecified atom stereocenters. The molecule has 98 valence electrons. The van der Waals surface area contributed by atoms with Gasteiger partial charge in [0.1, 0.15) is 12.4 Å². The van der Waals surface area contributed by atoms with Crippen molar-refractivity contribution in [2.24, 2.45) is 5.73 Å². The van der Waals surface area contributed by atoms with Crippen molar-refractivity contribution in [2.45, 2.75) is 26.0 Å². The van der Waals surface area contributed by atoms with Crippen molar-refractivity contribution < 1.29 is 14.3 Å². The molecule has 3 N–H and O–H groups in total. The number of carbonyl (C=O) groups excluding carboxylic acids is 1. The van der Waals surface area contributed by atoms with Gasteiger partial charge in [0.05, 0.1) is 6.54 Å². The predicted octanol–water partition coefficient (Wildman–Crippen LogP) is 1.50. The van der Waals surface area contributed by atoms with E-state index in [0.717, 1.165) is 16.9 Å². The number of hydrogen-bond acceptors (Lipinski definition) is 4. The highest BCUT2D eigenvalue weighted by Gasteiger charge is 2.23. The summed E-state index contributed by atoms with van der Waals surface area (Å²) in [5.41, 5.74) is 7.96. The van der Waals surface area contributed by atoms with E-state index in [0.29, 0.717) is 13.2 Å². The summed E-state index contributed by atoms with van der Waals surface area (Å²) < 4.78 is 10.7. The monoisotopic (exact) mass is 250 g/mol. The summed E-state index contributed by atoms with van der Waals surface area (Å²) in [7, 11) is 0. The van der Waals surface area contributed by atoms with Crippen LogP contribution in [0.1, 0.15) is 24.1 Å².